The molecule has 0 aliphatic carbocycles. The number of carbonyl (C=O) groups excluding carboxylic acids is 1. The first-order valence-corrected chi connectivity index (χ1v) is 13.0. The van der Waals surface area contributed by atoms with E-state index in [1.54, 1.807) is 23.1 Å². The van der Waals surface area contributed by atoms with Crippen LogP contribution in [-0.2, 0) is 9.53 Å². The first-order valence-electron chi connectivity index (χ1n) is 12.6. The SMILES string of the molecule is COc1cc2ncnc(Nc3ccc(F)c(Cl)c3F)c2cc1O[C@H]1CCN(C(=O)/C=C/CN2CCOCC2)C1. The molecule has 1 aromatic heterocycles. The van der Waals surface area contributed by atoms with Crippen molar-refractivity contribution in [1.82, 2.24) is 19.8 Å². The predicted octanol–water partition coefficient (Wildman–Crippen LogP) is 4.18. The maximum Gasteiger partial charge on any atom is 0.246 e. The molecular formula is C27H28ClF2N5O4. The topological polar surface area (TPSA) is 89.1 Å². The van der Waals surface area contributed by atoms with Crippen LogP contribution in [0.3, 0.4) is 0 Å². The number of ether oxygens (including phenoxy) is 3. The molecule has 2 fully saturated rings. The van der Waals surface area contributed by atoms with Crippen molar-refractivity contribution in [2.75, 3.05) is 58.4 Å². The minimum absolute atomic E-state index is 0.0358. The van der Waals surface area contributed by atoms with E-state index in [1.165, 1.54) is 19.5 Å². The minimum Gasteiger partial charge on any atom is -0.493 e. The molecule has 39 heavy (non-hydrogen) atoms. The van der Waals surface area contributed by atoms with Crippen LogP contribution in [-0.4, -0.2) is 84.8 Å². The summed E-state index contributed by atoms with van der Waals surface area (Å²) in [6, 6.07) is 5.70. The third kappa shape index (κ3) is 6.21. The van der Waals surface area contributed by atoms with Gasteiger partial charge in [0.15, 0.2) is 17.3 Å². The highest BCUT2D eigenvalue weighted by Crippen LogP contribution is 2.37. The molecule has 1 amide bonds. The van der Waals surface area contributed by atoms with Crippen LogP contribution in [0.2, 0.25) is 5.02 Å². The molecule has 3 heterocycles. The number of benzene rings is 2. The molecule has 12 heteroatoms. The zero-order chi connectivity index (χ0) is 27.4. The molecule has 0 unspecified atom stereocenters. The number of hydrogen-bond donors (Lipinski definition) is 1. The summed E-state index contributed by atoms with van der Waals surface area (Å²) in [6.07, 6.45) is 5.23. The van der Waals surface area contributed by atoms with Gasteiger partial charge in [0, 0.05) is 50.1 Å². The van der Waals surface area contributed by atoms with E-state index in [2.05, 4.69) is 20.2 Å². The third-order valence-corrected chi connectivity index (χ3v) is 7.03. The Morgan fingerprint density at radius 3 is 2.82 bits per heavy atom. The summed E-state index contributed by atoms with van der Waals surface area (Å²) in [4.78, 5) is 25.2. The number of rotatable bonds is 8. The molecule has 0 spiro atoms. The van der Waals surface area contributed by atoms with E-state index in [4.69, 9.17) is 25.8 Å². The van der Waals surface area contributed by atoms with Gasteiger partial charge in [0.25, 0.3) is 0 Å². The highest BCUT2D eigenvalue weighted by Gasteiger charge is 2.28. The zero-order valence-corrected chi connectivity index (χ0v) is 22.1. The Balaban J connectivity index is 1.29. The van der Waals surface area contributed by atoms with Gasteiger partial charge in [0.05, 0.1) is 38.1 Å². The summed E-state index contributed by atoms with van der Waals surface area (Å²) in [5.74, 6) is -0.670. The van der Waals surface area contributed by atoms with E-state index in [-0.39, 0.29) is 23.5 Å². The summed E-state index contributed by atoms with van der Waals surface area (Å²) in [7, 11) is 1.52. The molecule has 1 atom stereocenters. The van der Waals surface area contributed by atoms with Crippen LogP contribution in [0, 0.1) is 11.6 Å². The summed E-state index contributed by atoms with van der Waals surface area (Å²) < 4.78 is 45.3. The van der Waals surface area contributed by atoms with Gasteiger partial charge in [-0.1, -0.05) is 17.7 Å². The fourth-order valence-corrected chi connectivity index (χ4v) is 4.73. The fourth-order valence-electron chi connectivity index (χ4n) is 4.56. The van der Waals surface area contributed by atoms with Gasteiger partial charge in [0.2, 0.25) is 5.91 Å². The van der Waals surface area contributed by atoms with Crippen molar-refractivity contribution >= 4 is 39.9 Å². The molecule has 0 bridgehead atoms. The Morgan fingerprint density at radius 2 is 2.03 bits per heavy atom. The number of methoxy groups -OCH3 is 1. The molecular weight excluding hydrogens is 532 g/mol. The molecule has 206 valence electrons. The quantitative estimate of drug-likeness (QED) is 0.325. The number of likely N-dealkylation sites (tertiary alicyclic amines) is 1. The van der Waals surface area contributed by atoms with Crippen molar-refractivity contribution in [1.29, 1.82) is 0 Å². The van der Waals surface area contributed by atoms with Gasteiger partial charge in [-0.2, -0.15) is 0 Å². The van der Waals surface area contributed by atoms with Crippen LogP contribution >= 0.6 is 11.6 Å². The first kappa shape index (κ1) is 27.0. The number of hydrogen-bond acceptors (Lipinski definition) is 8. The van der Waals surface area contributed by atoms with E-state index in [9.17, 15) is 13.6 Å². The molecule has 3 aromatic rings. The zero-order valence-electron chi connectivity index (χ0n) is 21.3. The normalized spacial score (nSPS) is 18.2. The van der Waals surface area contributed by atoms with E-state index in [1.807, 2.05) is 6.08 Å². The molecule has 0 saturated carbocycles. The number of aromatic nitrogens is 2. The number of morpholine rings is 1. The summed E-state index contributed by atoms with van der Waals surface area (Å²) >= 11 is 5.73. The van der Waals surface area contributed by atoms with Gasteiger partial charge in [-0.05, 0) is 18.2 Å². The molecule has 2 aliphatic heterocycles. The largest absolute Gasteiger partial charge is 0.493 e. The number of fused-ring (bicyclic) bond motifs is 1. The van der Waals surface area contributed by atoms with Crippen LogP contribution in [0.5, 0.6) is 11.5 Å². The van der Waals surface area contributed by atoms with Gasteiger partial charge in [-0.25, -0.2) is 18.7 Å². The first-order chi connectivity index (χ1) is 18.9. The summed E-state index contributed by atoms with van der Waals surface area (Å²) in [5, 5.41) is 2.78. The number of nitrogens with one attached hydrogen (secondary N) is 1. The average Bonchev–Trinajstić information content (AvgIpc) is 3.42. The van der Waals surface area contributed by atoms with Crippen molar-refractivity contribution in [2.24, 2.45) is 0 Å². The van der Waals surface area contributed by atoms with Crippen molar-refractivity contribution in [3.8, 4) is 11.5 Å². The lowest BCUT2D eigenvalue weighted by molar-refractivity contribution is -0.125. The lowest BCUT2D eigenvalue weighted by atomic mass is 10.2. The van der Waals surface area contributed by atoms with Crippen LogP contribution in [0.1, 0.15) is 6.42 Å². The minimum atomic E-state index is -0.928. The second kappa shape index (κ2) is 12.1. The molecule has 2 aliphatic rings. The second-order valence-corrected chi connectivity index (χ2v) is 9.60. The molecule has 2 saturated heterocycles. The van der Waals surface area contributed by atoms with E-state index in [0.717, 1.165) is 19.2 Å². The Bertz CT molecular complexity index is 1390. The maximum absolute atomic E-state index is 14.5. The number of amides is 1. The Hall–Kier alpha value is -3.54. The summed E-state index contributed by atoms with van der Waals surface area (Å²) in [6.45, 7) is 4.86. The van der Waals surface area contributed by atoms with Crippen LogP contribution in [0.25, 0.3) is 10.9 Å². The van der Waals surface area contributed by atoms with Crippen molar-refractivity contribution in [2.45, 2.75) is 12.5 Å². The predicted molar refractivity (Wildman–Crippen MR) is 143 cm³/mol. The van der Waals surface area contributed by atoms with Gasteiger partial charge < -0.3 is 24.4 Å². The Labute approximate surface area is 229 Å². The molecule has 0 radical (unpaired) electrons. The number of halogens is 3. The number of anilines is 2. The average molecular weight is 560 g/mol. The van der Waals surface area contributed by atoms with Crippen molar-refractivity contribution < 1.29 is 27.8 Å². The standard InChI is InChI=1S/C27H28ClF2N5O4/c1-37-22-14-21-18(27(32-16-31-21)33-20-5-4-19(29)25(28)26(20)30)13-23(22)39-17-6-8-35(15-17)24(36)3-2-7-34-9-11-38-12-10-34/h2-5,13-14,16-17H,6-12,15H2,1H3,(H,31,32,33)/b3-2+/t17-/m0/s1. The van der Waals surface area contributed by atoms with Gasteiger partial charge in [-0.3, -0.25) is 9.69 Å². The number of nitrogens with zero attached hydrogens (tertiary/aromatic N) is 4. The number of carbonyl (C=O) groups is 1. The Kier molecular flexibility index (Phi) is 8.39. The van der Waals surface area contributed by atoms with E-state index in [0.29, 0.717) is 61.7 Å². The van der Waals surface area contributed by atoms with Crippen molar-refractivity contribution in [3.05, 3.63) is 59.4 Å². The van der Waals surface area contributed by atoms with Crippen LogP contribution in [0.4, 0.5) is 20.3 Å². The van der Waals surface area contributed by atoms with Gasteiger partial charge >= 0.3 is 0 Å². The smallest absolute Gasteiger partial charge is 0.246 e. The van der Waals surface area contributed by atoms with E-state index < -0.39 is 16.7 Å². The highest BCUT2D eigenvalue weighted by atomic mass is 35.5. The lowest BCUT2D eigenvalue weighted by Crippen LogP contribution is -2.36. The van der Waals surface area contributed by atoms with Crippen molar-refractivity contribution in [3.63, 3.8) is 0 Å². The molecule has 5 rings (SSSR count). The van der Waals surface area contributed by atoms with Crippen LogP contribution in [0.15, 0.2) is 42.7 Å². The van der Waals surface area contributed by atoms with Gasteiger partial charge in [0.1, 0.15) is 29.1 Å². The highest BCUT2D eigenvalue weighted by molar-refractivity contribution is 6.31. The monoisotopic (exact) mass is 559 g/mol. The third-order valence-electron chi connectivity index (χ3n) is 6.69. The molecule has 2 aromatic carbocycles. The lowest BCUT2D eigenvalue weighted by Gasteiger charge is -2.25. The van der Waals surface area contributed by atoms with E-state index >= 15 is 0 Å². The molecule has 9 nitrogen and oxygen atoms in total. The van der Waals surface area contributed by atoms with Crippen LogP contribution < -0.4 is 14.8 Å². The second-order valence-electron chi connectivity index (χ2n) is 9.22. The summed E-state index contributed by atoms with van der Waals surface area (Å²) in [5.41, 5.74) is 0.491. The maximum atomic E-state index is 14.5. The molecule has 1 N–H and O–H groups in total. The van der Waals surface area contributed by atoms with Gasteiger partial charge in [-0.15, -0.1) is 0 Å². The Morgan fingerprint density at radius 1 is 1.21 bits per heavy atom. The fraction of sp³-hybridized carbons (Fsp3) is 0.370.